The van der Waals surface area contributed by atoms with Crippen LogP contribution in [0.15, 0.2) is 0 Å². The van der Waals surface area contributed by atoms with Crippen LogP contribution in [0.25, 0.3) is 0 Å². The van der Waals surface area contributed by atoms with Gasteiger partial charge in [0.1, 0.15) is 13.2 Å². The molecule has 0 radical (unpaired) electrons. The number of benzene rings is 1. The van der Waals surface area contributed by atoms with Gasteiger partial charge in [0.05, 0.1) is 37.0 Å². The molecule has 0 heterocycles. The minimum atomic E-state index is -0.936. The Balaban J connectivity index is 3.27. The normalized spacial score (nSPS) is 12.0. The predicted octanol–water partition coefficient (Wildman–Crippen LogP) is 1.87. The lowest BCUT2D eigenvalue weighted by atomic mass is 10.1. The van der Waals surface area contributed by atoms with Crippen LogP contribution < -0.4 is 11.1 Å². The van der Waals surface area contributed by atoms with Crippen molar-refractivity contribution < 1.29 is 47.7 Å². The smallest absolute Gasteiger partial charge is 0.303 e. The fraction of sp³-hybridized carbons (Fsp3) is 0.478. The van der Waals surface area contributed by atoms with Crippen LogP contribution in [0.2, 0.25) is 0 Å². The number of ether oxygens (including phenoxy) is 4. The summed E-state index contributed by atoms with van der Waals surface area (Å²) in [6.07, 6.45) is -1.86. The molecule has 0 aliphatic carbocycles. The summed E-state index contributed by atoms with van der Waals surface area (Å²) in [6, 6.07) is 0. The largest absolute Gasteiger partial charge is 0.462 e. The van der Waals surface area contributed by atoms with Gasteiger partial charge in [-0.05, 0) is 67.8 Å². The second-order valence-corrected chi connectivity index (χ2v) is 11.3. The first-order chi connectivity index (χ1) is 18.1. The van der Waals surface area contributed by atoms with E-state index in [1.807, 2.05) is 67.8 Å². The molecule has 1 aromatic rings. The molecule has 2 amide bonds. The summed E-state index contributed by atoms with van der Waals surface area (Å²) in [5.74, 6) is -3.51. The van der Waals surface area contributed by atoms with Crippen molar-refractivity contribution in [2.24, 2.45) is 0 Å². The van der Waals surface area contributed by atoms with Crippen molar-refractivity contribution in [3.05, 3.63) is 21.8 Å². The highest BCUT2D eigenvalue weighted by atomic mass is 127. The van der Waals surface area contributed by atoms with Gasteiger partial charge in [0.15, 0.2) is 12.2 Å². The Kier molecular flexibility index (Phi) is 14.7. The minimum absolute atomic E-state index is 0.106. The molecule has 16 heteroatoms. The molecule has 0 spiro atoms. The topological polar surface area (TPSA) is 181 Å². The Morgan fingerprint density at radius 3 is 1.72 bits per heavy atom. The third-order valence-electron chi connectivity index (χ3n) is 4.72. The number of hydrogen-bond acceptors (Lipinski definition) is 11. The highest BCUT2D eigenvalue weighted by Crippen LogP contribution is 2.34. The van der Waals surface area contributed by atoms with Gasteiger partial charge in [-0.25, -0.2) is 0 Å². The maximum atomic E-state index is 13.5. The average Bonchev–Trinajstić information content (AvgIpc) is 2.82. The SMILES string of the molecule is CC(=O)OCC(CNC(=O)c1c(I)c(N)c(I)c(C(=O)N(C)CC(COC(C)=O)OC(C)=O)c1I)OC(C)=O. The molecule has 0 aliphatic heterocycles. The molecular weight excluding hydrogens is 859 g/mol. The summed E-state index contributed by atoms with van der Waals surface area (Å²) < 4.78 is 21.2. The number of anilines is 1. The van der Waals surface area contributed by atoms with Crippen LogP contribution >= 0.6 is 67.8 Å². The quantitative estimate of drug-likeness (QED) is 0.136. The number of nitrogens with zero attached hydrogens (tertiary/aromatic N) is 1. The first kappa shape index (κ1) is 35.1. The zero-order valence-corrected chi connectivity index (χ0v) is 28.2. The van der Waals surface area contributed by atoms with Crippen LogP contribution in [0, 0.1) is 10.7 Å². The summed E-state index contributed by atoms with van der Waals surface area (Å²) in [5.41, 5.74) is 6.72. The molecule has 39 heavy (non-hydrogen) atoms. The number of nitrogens with two attached hydrogens (primary N) is 1. The van der Waals surface area contributed by atoms with E-state index in [-0.39, 0.29) is 43.1 Å². The van der Waals surface area contributed by atoms with Crippen LogP contribution in [0.5, 0.6) is 0 Å². The lowest BCUT2D eigenvalue weighted by Gasteiger charge is -2.25. The van der Waals surface area contributed by atoms with Gasteiger partial charge in [0, 0.05) is 38.3 Å². The molecule has 0 saturated carbocycles. The van der Waals surface area contributed by atoms with Gasteiger partial charge < -0.3 is 34.9 Å². The Morgan fingerprint density at radius 2 is 1.23 bits per heavy atom. The summed E-state index contributed by atoms with van der Waals surface area (Å²) in [5, 5.41) is 2.63. The predicted molar refractivity (Wildman–Crippen MR) is 163 cm³/mol. The Morgan fingerprint density at radius 1 is 0.769 bits per heavy atom. The molecule has 0 saturated heterocycles. The fourth-order valence-electron chi connectivity index (χ4n) is 3.09. The molecule has 1 rings (SSSR count). The minimum Gasteiger partial charge on any atom is -0.462 e. The van der Waals surface area contributed by atoms with Gasteiger partial charge in [-0.15, -0.1) is 0 Å². The van der Waals surface area contributed by atoms with Crippen molar-refractivity contribution in [2.45, 2.75) is 39.9 Å². The van der Waals surface area contributed by atoms with Crippen molar-refractivity contribution in [2.75, 3.05) is 39.1 Å². The van der Waals surface area contributed by atoms with Gasteiger partial charge in [-0.2, -0.15) is 0 Å². The molecule has 3 N–H and O–H groups in total. The molecule has 216 valence electrons. The van der Waals surface area contributed by atoms with E-state index in [1.54, 1.807) is 0 Å². The molecule has 0 aliphatic rings. The van der Waals surface area contributed by atoms with Crippen LogP contribution in [-0.2, 0) is 38.1 Å². The molecule has 1 aromatic carbocycles. The number of carbonyl (C=O) groups excluding carboxylic acids is 6. The number of nitrogen functional groups attached to an aromatic ring is 1. The number of nitrogens with one attached hydrogen (secondary N) is 1. The van der Waals surface area contributed by atoms with E-state index in [1.165, 1.54) is 39.6 Å². The van der Waals surface area contributed by atoms with Crippen molar-refractivity contribution in [1.82, 2.24) is 10.2 Å². The standard InChI is InChI=1S/C23H28I3N3O10/c1-10(30)36-8-14(38-12(3)32)6-28-22(34)16-18(24)17(20(26)21(27)19(16)25)23(35)29(5)7-15(39-13(4)33)9-37-11(2)31/h14-15H,6-9,27H2,1-5H3,(H,28,34). The summed E-state index contributed by atoms with van der Waals surface area (Å²) in [6.45, 7) is 3.99. The van der Waals surface area contributed by atoms with Gasteiger partial charge in [-0.3, -0.25) is 28.8 Å². The number of halogens is 3. The van der Waals surface area contributed by atoms with E-state index >= 15 is 0 Å². The average molecular weight is 887 g/mol. The van der Waals surface area contributed by atoms with Crippen LogP contribution in [0.1, 0.15) is 48.4 Å². The Bertz CT molecular complexity index is 1150. The molecular formula is C23H28I3N3O10. The number of hydrogen-bond donors (Lipinski definition) is 2. The molecule has 0 aromatic heterocycles. The van der Waals surface area contributed by atoms with E-state index < -0.39 is 47.9 Å². The number of amides is 2. The maximum absolute atomic E-state index is 13.5. The van der Waals surface area contributed by atoms with Gasteiger partial charge in [0.25, 0.3) is 11.8 Å². The van der Waals surface area contributed by atoms with Gasteiger partial charge in [0.2, 0.25) is 0 Å². The Hall–Kier alpha value is -1.97. The lowest BCUT2D eigenvalue weighted by molar-refractivity contribution is -0.156. The van der Waals surface area contributed by atoms with Crippen LogP contribution in [0.4, 0.5) is 5.69 Å². The number of likely N-dealkylation sites (N-methyl/N-ethyl adjacent to an activating group) is 1. The van der Waals surface area contributed by atoms with E-state index in [0.717, 1.165) is 0 Å². The molecule has 2 atom stereocenters. The highest BCUT2D eigenvalue weighted by Gasteiger charge is 2.30. The molecule has 2 unspecified atom stereocenters. The fourth-order valence-corrected chi connectivity index (χ4v) is 7.21. The zero-order chi connectivity index (χ0) is 30.0. The first-order valence-electron chi connectivity index (χ1n) is 11.2. The zero-order valence-electron chi connectivity index (χ0n) is 21.7. The summed E-state index contributed by atoms with van der Waals surface area (Å²) >= 11 is 5.68. The second-order valence-electron chi connectivity index (χ2n) is 8.07. The first-order valence-corrected chi connectivity index (χ1v) is 14.4. The van der Waals surface area contributed by atoms with Crippen molar-refractivity contribution in [3.8, 4) is 0 Å². The summed E-state index contributed by atoms with van der Waals surface area (Å²) in [7, 11) is 1.46. The number of carbonyl (C=O) groups is 6. The lowest BCUT2D eigenvalue weighted by Crippen LogP contribution is -2.40. The van der Waals surface area contributed by atoms with Crippen molar-refractivity contribution in [1.29, 1.82) is 0 Å². The number of rotatable bonds is 12. The third-order valence-corrected chi connectivity index (χ3v) is 8.04. The van der Waals surface area contributed by atoms with Crippen LogP contribution in [-0.4, -0.2) is 86.2 Å². The maximum Gasteiger partial charge on any atom is 0.303 e. The van der Waals surface area contributed by atoms with Gasteiger partial charge >= 0.3 is 23.9 Å². The van der Waals surface area contributed by atoms with Crippen molar-refractivity contribution in [3.63, 3.8) is 0 Å². The highest BCUT2D eigenvalue weighted by molar-refractivity contribution is 14.1. The van der Waals surface area contributed by atoms with Crippen molar-refractivity contribution >= 4 is 109 Å². The van der Waals surface area contributed by atoms with Gasteiger partial charge in [-0.1, -0.05) is 0 Å². The third kappa shape index (κ3) is 11.2. The van der Waals surface area contributed by atoms with E-state index in [0.29, 0.717) is 10.7 Å². The Labute approximate surface area is 265 Å². The van der Waals surface area contributed by atoms with E-state index in [9.17, 15) is 28.8 Å². The van der Waals surface area contributed by atoms with E-state index in [4.69, 9.17) is 24.7 Å². The summed E-state index contributed by atoms with van der Waals surface area (Å²) in [4.78, 5) is 73.2. The van der Waals surface area contributed by atoms with E-state index in [2.05, 4.69) is 5.32 Å². The number of esters is 4. The van der Waals surface area contributed by atoms with Crippen LogP contribution in [0.3, 0.4) is 0 Å². The molecule has 13 nitrogen and oxygen atoms in total. The second kappa shape index (κ2) is 16.3. The monoisotopic (exact) mass is 887 g/mol. The molecule has 0 fully saturated rings. The molecule has 0 bridgehead atoms.